The molecule has 0 fully saturated rings. The highest BCUT2D eigenvalue weighted by molar-refractivity contribution is 5.92. The van der Waals surface area contributed by atoms with Gasteiger partial charge in [0.2, 0.25) is 0 Å². The van der Waals surface area contributed by atoms with Crippen LogP contribution in [0.25, 0.3) is 46.6 Å². The van der Waals surface area contributed by atoms with Crippen molar-refractivity contribution in [2.45, 2.75) is 117 Å². The van der Waals surface area contributed by atoms with E-state index in [1.54, 1.807) is 0 Å². The second kappa shape index (κ2) is 9.03. The van der Waals surface area contributed by atoms with Crippen molar-refractivity contribution in [2.75, 3.05) is 0 Å². The highest BCUT2D eigenvalue weighted by Gasteiger charge is 2.44. The maximum absolute atomic E-state index is 2.58. The summed E-state index contributed by atoms with van der Waals surface area (Å²) in [5.74, 6) is 0.537. The predicted molar refractivity (Wildman–Crippen MR) is 200 cm³/mol. The Morgan fingerprint density at radius 1 is 0.304 bits per heavy atom. The lowest BCUT2D eigenvalue weighted by atomic mass is 9.73. The molecule has 0 radical (unpaired) electrons. The number of hydrogen-bond donors (Lipinski definition) is 0. The lowest BCUT2D eigenvalue weighted by Gasteiger charge is -2.30. The van der Waals surface area contributed by atoms with Crippen molar-refractivity contribution in [1.82, 2.24) is 0 Å². The third-order valence-electron chi connectivity index (χ3n) is 11.3. The second-order valence-corrected chi connectivity index (χ2v) is 18.7. The van der Waals surface area contributed by atoms with E-state index in [0.717, 1.165) is 0 Å². The van der Waals surface area contributed by atoms with Crippen LogP contribution in [0.5, 0.6) is 0 Å². The van der Waals surface area contributed by atoms with E-state index in [2.05, 4.69) is 156 Å². The molecule has 4 aromatic carbocycles. The molecule has 0 unspecified atom stereocenters. The van der Waals surface area contributed by atoms with Crippen LogP contribution in [0.3, 0.4) is 0 Å². The van der Waals surface area contributed by atoms with E-state index < -0.39 is 0 Å². The molecule has 234 valence electrons. The predicted octanol–water partition coefficient (Wildman–Crippen LogP) is 12.8. The summed E-state index contributed by atoms with van der Waals surface area (Å²) in [4.78, 5) is 0. The number of rotatable bonds is 0. The van der Waals surface area contributed by atoms with Crippen LogP contribution in [0.4, 0.5) is 0 Å². The van der Waals surface area contributed by atoms with Gasteiger partial charge in [0, 0.05) is 11.8 Å². The van der Waals surface area contributed by atoms with E-state index in [9.17, 15) is 0 Å². The summed E-state index contributed by atoms with van der Waals surface area (Å²) < 4.78 is 0. The quantitative estimate of drug-likeness (QED) is 0.165. The lowest BCUT2D eigenvalue weighted by Crippen LogP contribution is -2.17. The van der Waals surface area contributed by atoms with Gasteiger partial charge in [0.15, 0.2) is 0 Å². The van der Waals surface area contributed by atoms with Crippen molar-refractivity contribution in [3.63, 3.8) is 0 Å². The van der Waals surface area contributed by atoms with Gasteiger partial charge >= 0.3 is 0 Å². The minimum absolute atomic E-state index is 0.0234. The smallest absolute Gasteiger partial charge is 0.0212 e. The summed E-state index contributed by atoms with van der Waals surface area (Å²) in [6.45, 7) is 28.5. The van der Waals surface area contributed by atoms with Gasteiger partial charge in [0.25, 0.3) is 0 Å². The summed E-state index contributed by atoms with van der Waals surface area (Å²) in [5.41, 5.74) is 23.0. The highest BCUT2D eigenvalue weighted by Crippen LogP contribution is 2.61. The maximum atomic E-state index is 2.58. The maximum Gasteiger partial charge on any atom is 0.0212 e. The Hall–Kier alpha value is -3.64. The fraction of sp³-hybridized carbons (Fsp3) is 0.391. The summed E-state index contributed by atoms with van der Waals surface area (Å²) in [7, 11) is 0. The molecule has 0 aliphatic heterocycles. The van der Waals surface area contributed by atoms with Gasteiger partial charge in [-0.3, -0.25) is 0 Å². The molecule has 4 aromatic rings. The van der Waals surface area contributed by atoms with Crippen molar-refractivity contribution in [1.29, 1.82) is 0 Å². The Balaban J connectivity index is 1.59. The minimum Gasteiger partial charge on any atom is -0.0561 e. The first-order chi connectivity index (χ1) is 21.3. The molecule has 0 aromatic heterocycles. The second-order valence-electron chi connectivity index (χ2n) is 18.7. The van der Waals surface area contributed by atoms with Crippen molar-refractivity contribution in [3.8, 4) is 22.3 Å². The molecule has 0 amide bonds. The molecule has 0 saturated carbocycles. The SMILES string of the molecule is CC(C)(C)c1cc2c3cc1/C=C\c1cc4c(cc1C(C)(C)C)-c1cc(C(C)(C)C)c5cc1C4C3c1cc(c(C(C)(C)C)cc1-2)/C=C\5. The number of hydrogen-bond acceptors (Lipinski definition) is 0. The normalized spacial score (nSPS) is 20.1. The molecule has 0 spiro atoms. The summed E-state index contributed by atoms with van der Waals surface area (Å²) >= 11 is 0. The van der Waals surface area contributed by atoms with Gasteiger partial charge < -0.3 is 0 Å². The van der Waals surface area contributed by atoms with Crippen LogP contribution in [-0.2, 0) is 21.7 Å². The van der Waals surface area contributed by atoms with Crippen LogP contribution in [0, 0.1) is 0 Å². The van der Waals surface area contributed by atoms with Crippen molar-refractivity contribution < 1.29 is 0 Å². The molecular weight excluding hydrogens is 553 g/mol. The van der Waals surface area contributed by atoms with Crippen LogP contribution < -0.4 is 0 Å². The molecule has 0 heteroatoms. The third-order valence-corrected chi connectivity index (χ3v) is 11.3. The van der Waals surface area contributed by atoms with Gasteiger partial charge in [-0.05, 0) is 135 Å². The summed E-state index contributed by atoms with van der Waals surface area (Å²) in [6, 6.07) is 20.6. The largest absolute Gasteiger partial charge is 0.0561 e. The molecule has 0 nitrogen and oxygen atoms in total. The first-order valence-electron chi connectivity index (χ1n) is 17.4. The molecule has 8 bridgehead atoms. The van der Waals surface area contributed by atoms with Gasteiger partial charge in [-0.1, -0.05) is 132 Å². The Bertz CT molecular complexity index is 1760. The minimum atomic E-state index is 0.0234. The lowest BCUT2D eigenvalue weighted by molar-refractivity contribution is 0.587. The Kier molecular flexibility index (Phi) is 5.84. The van der Waals surface area contributed by atoms with E-state index in [1.807, 2.05) is 0 Å². The van der Waals surface area contributed by atoms with Gasteiger partial charge in [-0.25, -0.2) is 0 Å². The molecule has 0 heterocycles. The first kappa shape index (κ1) is 29.7. The van der Waals surface area contributed by atoms with Crippen LogP contribution in [0.2, 0.25) is 0 Å². The van der Waals surface area contributed by atoms with Gasteiger partial charge in [0.05, 0.1) is 0 Å². The molecule has 4 aliphatic carbocycles. The number of fused-ring (bicyclic) bond motifs is 6. The third kappa shape index (κ3) is 4.18. The molecule has 8 rings (SSSR count). The first-order valence-corrected chi connectivity index (χ1v) is 17.4. The molecule has 0 atom stereocenters. The standard InChI is InChI=1S/C46H50/c1-43(2,3)37-21-29-30-22-38(44(4,5)6)27-15-16-28-20-36-32(24-40(28)46(10,11)12)31-23-39(45(7,8)9)26-14-13-25(37)17-33(29)41(34(30)19-27)42(36)35(31)18-26/h13-24,41-42H,1-12H3/b14-13-,16-15-,25-13?,26-14?,27-15?,28-16?. The molecule has 0 N–H and O–H groups in total. The Labute approximate surface area is 277 Å². The van der Waals surface area contributed by atoms with E-state index in [-0.39, 0.29) is 33.5 Å². The van der Waals surface area contributed by atoms with Gasteiger partial charge in [0.1, 0.15) is 0 Å². The molecule has 46 heavy (non-hydrogen) atoms. The zero-order valence-corrected chi connectivity index (χ0v) is 30.1. The number of benzene rings is 4. The van der Waals surface area contributed by atoms with E-state index in [0.29, 0.717) is 0 Å². The van der Waals surface area contributed by atoms with Crippen LogP contribution in [0.15, 0.2) is 48.5 Å². The average molecular weight is 603 g/mol. The van der Waals surface area contributed by atoms with E-state index in [4.69, 9.17) is 0 Å². The average Bonchev–Trinajstić information content (AvgIpc) is 3.40. The molecule has 4 aliphatic rings. The van der Waals surface area contributed by atoms with Gasteiger partial charge in [-0.15, -0.1) is 0 Å². The van der Waals surface area contributed by atoms with Crippen molar-refractivity contribution >= 4 is 24.3 Å². The zero-order chi connectivity index (χ0) is 32.9. The zero-order valence-electron chi connectivity index (χ0n) is 30.1. The van der Waals surface area contributed by atoms with Crippen LogP contribution >= 0.6 is 0 Å². The Morgan fingerprint density at radius 3 is 0.674 bits per heavy atom. The van der Waals surface area contributed by atoms with E-state index in [1.165, 1.54) is 89.0 Å². The molecular formula is C46H50. The van der Waals surface area contributed by atoms with Crippen molar-refractivity contribution in [3.05, 3.63) is 115 Å². The summed E-state index contributed by atoms with van der Waals surface area (Å²) in [6.07, 6.45) is 9.70. The Morgan fingerprint density at radius 2 is 0.500 bits per heavy atom. The monoisotopic (exact) mass is 602 g/mol. The van der Waals surface area contributed by atoms with Gasteiger partial charge in [-0.2, -0.15) is 0 Å². The van der Waals surface area contributed by atoms with E-state index >= 15 is 0 Å². The topological polar surface area (TPSA) is 0 Å². The summed E-state index contributed by atoms with van der Waals surface area (Å²) in [5, 5.41) is 0. The van der Waals surface area contributed by atoms with Crippen LogP contribution in [0.1, 0.15) is 162 Å². The molecule has 0 saturated heterocycles. The highest BCUT2D eigenvalue weighted by atomic mass is 14.5. The fourth-order valence-corrected chi connectivity index (χ4v) is 9.06. The van der Waals surface area contributed by atoms with Crippen molar-refractivity contribution in [2.24, 2.45) is 0 Å². The van der Waals surface area contributed by atoms with Crippen LogP contribution in [-0.4, -0.2) is 0 Å². The fourth-order valence-electron chi connectivity index (χ4n) is 9.06.